The Balaban J connectivity index is 1.38. The van der Waals surface area contributed by atoms with E-state index in [2.05, 4.69) is 15.9 Å². The maximum absolute atomic E-state index is 6.64. The van der Waals surface area contributed by atoms with E-state index in [1.54, 1.807) is 7.11 Å². The van der Waals surface area contributed by atoms with E-state index in [1.165, 1.54) is 0 Å². The zero-order valence-electron chi connectivity index (χ0n) is 24.0. The number of ether oxygens (including phenoxy) is 6. The van der Waals surface area contributed by atoms with Gasteiger partial charge in [0.05, 0.1) is 33.0 Å². The fourth-order valence-electron chi connectivity index (χ4n) is 4.95. The highest BCUT2D eigenvalue weighted by atomic mass is 79.9. The summed E-state index contributed by atoms with van der Waals surface area (Å²) in [4.78, 5) is 0. The molecule has 0 bridgehead atoms. The third kappa shape index (κ3) is 9.45. The van der Waals surface area contributed by atoms with Crippen molar-refractivity contribution in [2.24, 2.45) is 0 Å². The van der Waals surface area contributed by atoms with Crippen molar-refractivity contribution >= 4 is 27.5 Å². The zero-order chi connectivity index (χ0) is 29.9. The van der Waals surface area contributed by atoms with Crippen LogP contribution in [0.25, 0.3) is 0 Å². The first kappa shape index (κ1) is 31.8. The van der Waals surface area contributed by atoms with Gasteiger partial charge >= 0.3 is 0 Å². The van der Waals surface area contributed by atoms with Crippen molar-refractivity contribution in [2.45, 2.75) is 57.1 Å². The second-order valence-corrected chi connectivity index (χ2v) is 11.7. The molecule has 226 valence electrons. The molecule has 4 aromatic carbocycles. The highest BCUT2D eigenvalue weighted by Crippen LogP contribution is 2.31. The van der Waals surface area contributed by atoms with Gasteiger partial charge in [0, 0.05) is 16.6 Å². The number of halogens is 2. The Hall–Kier alpha value is -2.59. The van der Waals surface area contributed by atoms with E-state index in [0.29, 0.717) is 31.5 Å². The first-order chi connectivity index (χ1) is 21.1. The van der Waals surface area contributed by atoms with Crippen LogP contribution in [0, 0.1) is 0 Å². The molecule has 1 aliphatic heterocycles. The highest BCUT2D eigenvalue weighted by Gasteiger charge is 2.48. The van der Waals surface area contributed by atoms with Gasteiger partial charge in [0.15, 0.2) is 6.29 Å². The minimum Gasteiger partial charge on any atom is -0.374 e. The maximum atomic E-state index is 6.64. The van der Waals surface area contributed by atoms with Gasteiger partial charge in [0.25, 0.3) is 0 Å². The molecular formula is C35H36BrClO6. The summed E-state index contributed by atoms with van der Waals surface area (Å²) >= 11 is 9.59. The molecule has 1 saturated heterocycles. The molecule has 8 heteroatoms. The zero-order valence-corrected chi connectivity index (χ0v) is 26.4. The monoisotopic (exact) mass is 666 g/mol. The summed E-state index contributed by atoms with van der Waals surface area (Å²) in [5.41, 5.74) is 4.13. The molecule has 1 unspecified atom stereocenters. The van der Waals surface area contributed by atoms with Gasteiger partial charge in [-0.3, -0.25) is 0 Å². The fraction of sp³-hybridized carbons (Fsp3) is 0.314. The molecule has 6 nitrogen and oxygen atoms in total. The van der Waals surface area contributed by atoms with Gasteiger partial charge in [-0.2, -0.15) is 0 Å². The van der Waals surface area contributed by atoms with Crippen LogP contribution in [0.1, 0.15) is 22.3 Å². The Labute approximate surface area is 266 Å². The summed E-state index contributed by atoms with van der Waals surface area (Å²) in [6.07, 6.45) is -2.77. The molecule has 0 aromatic heterocycles. The van der Waals surface area contributed by atoms with Crippen LogP contribution < -0.4 is 0 Å². The average Bonchev–Trinajstić information content (AvgIpc) is 3.05. The lowest BCUT2D eigenvalue weighted by Crippen LogP contribution is -2.61. The number of rotatable bonds is 14. The Morgan fingerprint density at radius 2 is 1.09 bits per heavy atom. The second-order valence-electron chi connectivity index (χ2n) is 10.3. The lowest BCUT2D eigenvalue weighted by Gasteiger charge is -2.45. The predicted octanol–water partition coefficient (Wildman–Crippen LogP) is 7.75. The van der Waals surface area contributed by atoms with Crippen LogP contribution in [0.3, 0.4) is 0 Å². The molecule has 0 radical (unpaired) electrons. The third-order valence-corrected chi connectivity index (χ3v) is 7.99. The van der Waals surface area contributed by atoms with Crippen LogP contribution in [-0.2, 0) is 54.8 Å². The van der Waals surface area contributed by atoms with Crippen LogP contribution in [0.15, 0.2) is 114 Å². The van der Waals surface area contributed by atoms with Gasteiger partial charge in [-0.05, 0) is 46.5 Å². The lowest BCUT2D eigenvalue weighted by atomic mass is 9.97. The first-order valence-corrected chi connectivity index (χ1v) is 15.4. The van der Waals surface area contributed by atoms with E-state index in [4.69, 9.17) is 40.0 Å². The summed E-state index contributed by atoms with van der Waals surface area (Å²) in [6.45, 7) is 1.80. The number of hydrogen-bond acceptors (Lipinski definition) is 6. The standard InChI is InChI=1S/C35H36BrClO6/c1-38-35-34(42-23-28-14-18-30(37)19-15-28)33(41-22-26-10-6-3-7-11-26)32(40-21-25-8-4-2-5-9-25)31(43-35)24-39-20-27-12-16-29(36)17-13-27/h2-19,31-35H,20-24H2,1H3/t31-,32-,33+,34-,35?/m1/s1. The molecule has 0 aliphatic carbocycles. The second kappa shape index (κ2) is 16.5. The quantitative estimate of drug-likeness (QED) is 0.137. The van der Waals surface area contributed by atoms with Gasteiger partial charge in [-0.25, -0.2) is 0 Å². The molecular weight excluding hydrogens is 632 g/mol. The summed E-state index contributed by atoms with van der Waals surface area (Å²) in [5, 5.41) is 0.670. The largest absolute Gasteiger partial charge is 0.374 e. The van der Waals surface area contributed by atoms with Gasteiger partial charge in [-0.1, -0.05) is 112 Å². The van der Waals surface area contributed by atoms with Crippen LogP contribution in [0.4, 0.5) is 0 Å². The van der Waals surface area contributed by atoms with Crippen molar-refractivity contribution in [3.8, 4) is 0 Å². The molecule has 0 saturated carbocycles. The molecule has 4 aromatic rings. The molecule has 1 heterocycles. The Kier molecular flexibility index (Phi) is 12.2. The van der Waals surface area contributed by atoms with Crippen molar-refractivity contribution in [3.63, 3.8) is 0 Å². The molecule has 1 fully saturated rings. The Morgan fingerprint density at radius 3 is 1.67 bits per heavy atom. The first-order valence-electron chi connectivity index (χ1n) is 14.3. The van der Waals surface area contributed by atoms with Crippen molar-refractivity contribution in [3.05, 3.63) is 141 Å². The maximum Gasteiger partial charge on any atom is 0.186 e. The van der Waals surface area contributed by atoms with E-state index in [0.717, 1.165) is 26.7 Å². The van der Waals surface area contributed by atoms with Crippen LogP contribution in [0.5, 0.6) is 0 Å². The van der Waals surface area contributed by atoms with Crippen LogP contribution >= 0.6 is 27.5 Å². The van der Waals surface area contributed by atoms with Gasteiger partial charge in [-0.15, -0.1) is 0 Å². The van der Waals surface area contributed by atoms with Crippen LogP contribution in [-0.4, -0.2) is 44.4 Å². The lowest BCUT2D eigenvalue weighted by molar-refractivity contribution is -0.323. The van der Waals surface area contributed by atoms with E-state index >= 15 is 0 Å². The van der Waals surface area contributed by atoms with Crippen LogP contribution in [0.2, 0.25) is 5.02 Å². The molecule has 43 heavy (non-hydrogen) atoms. The smallest absolute Gasteiger partial charge is 0.186 e. The van der Waals surface area contributed by atoms with E-state index in [1.807, 2.05) is 109 Å². The molecule has 0 amide bonds. The minimum atomic E-state index is -0.703. The minimum absolute atomic E-state index is 0.282. The molecule has 5 atom stereocenters. The van der Waals surface area contributed by atoms with Crippen molar-refractivity contribution in [2.75, 3.05) is 13.7 Å². The topological polar surface area (TPSA) is 55.4 Å². The predicted molar refractivity (Wildman–Crippen MR) is 170 cm³/mol. The SMILES string of the molecule is COC1O[C@H](COCc2ccc(Br)cc2)[C@@H](OCc2ccccc2)[C@H](OCc2ccccc2)[C@H]1OCc1ccc(Cl)cc1. The summed E-state index contributed by atoms with van der Waals surface area (Å²) < 4.78 is 39.3. The molecule has 5 rings (SSSR count). The third-order valence-electron chi connectivity index (χ3n) is 7.21. The molecule has 0 spiro atoms. The van der Waals surface area contributed by atoms with Crippen molar-refractivity contribution < 1.29 is 28.4 Å². The van der Waals surface area contributed by atoms with E-state index < -0.39 is 30.7 Å². The van der Waals surface area contributed by atoms with Crippen molar-refractivity contribution in [1.29, 1.82) is 0 Å². The Bertz CT molecular complexity index is 1360. The molecule has 1 aliphatic rings. The number of hydrogen-bond donors (Lipinski definition) is 0. The van der Waals surface area contributed by atoms with Gasteiger partial charge in [0.2, 0.25) is 0 Å². The van der Waals surface area contributed by atoms with E-state index in [9.17, 15) is 0 Å². The Morgan fingerprint density at radius 1 is 0.605 bits per heavy atom. The average molecular weight is 668 g/mol. The summed E-state index contributed by atoms with van der Waals surface area (Å²) in [5.74, 6) is 0. The number of benzene rings is 4. The van der Waals surface area contributed by atoms with Crippen molar-refractivity contribution in [1.82, 2.24) is 0 Å². The fourth-order valence-corrected chi connectivity index (χ4v) is 5.34. The number of methoxy groups -OCH3 is 1. The normalized spacial score (nSPS) is 22.0. The summed E-state index contributed by atoms with van der Waals surface area (Å²) in [7, 11) is 1.61. The van der Waals surface area contributed by atoms with Gasteiger partial charge in [0.1, 0.15) is 24.4 Å². The van der Waals surface area contributed by atoms with E-state index in [-0.39, 0.29) is 6.61 Å². The summed E-state index contributed by atoms with van der Waals surface area (Å²) in [6, 6.07) is 35.7. The molecule has 0 N–H and O–H groups in total. The van der Waals surface area contributed by atoms with Gasteiger partial charge < -0.3 is 28.4 Å². The highest BCUT2D eigenvalue weighted by molar-refractivity contribution is 9.10.